The maximum Gasteiger partial charge on any atom is 0.164 e. The average Bonchev–Trinajstić information content (AvgIpc) is 3.81. The second kappa shape index (κ2) is 12.2. The fraction of sp³-hybridized carbons (Fsp3) is 0. The van der Waals surface area contributed by atoms with Gasteiger partial charge in [-0.1, -0.05) is 140 Å². The van der Waals surface area contributed by atoms with Crippen molar-refractivity contribution in [3.05, 3.63) is 182 Å². The fourth-order valence-corrected chi connectivity index (χ4v) is 9.84. The second-order valence-corrected chi connectivity index (χ2v) is 15.5. The lowest BCUT2D eigenvalue weighted by atomic mass is 9.99. The van der Waals surface area contributed by atoms with Crippen LogP contribution in [0, 0.1) is 0 Å². The zero-order valence-corrected chi connectivity index (χ0v) is 30.8. The molecule has 0 bridgehead atoms. The van der Waals surface area contributed by atoms with Crippen LogP contribution in [0.3, 0.4) is 0 Å². The molecule has 0 aliphatic rings. The summed E-state index contributed by atoms with van der Waals surface area (Å²) in [5, 5.41) is 12.2. The van der Waals surface area contributed by atoms with Crippen LogP contribution in [0.25, 0.3) is 114 Å². The molecule has 0 saturated heterocycles. The number of fused-ring (bicyclic) bond motifs is 11. The third kappa shape index (κ3) is 4.75. The molecule has 0 saturated carbocycles. The zero-order valence-electron chi connectivity index (χ0n) is 30.0. The van der Waals surface area contributed by atoms with Crippen molar-refractivity contribution >= 4 is 85.6 Å². The molecule has 4 nitrogen and oxygen atoms in total. The molecule has 0 unspecified atom stereocenters. The van der Waals surface area contributed by atoms with Crippen molar-refractivity contribution in [3.63, 3.8) is 0 Å². The number of hydrogen-bond acceptors (Lipinski definition) is 4. The molecule has 3 heterocycles. The Labute approximate surface area is 325 Å². The van der Waals surface area contributed by atoms with E-state index >= 15 is 0 Å². The molecule has 0 atom stereocenters. The van der Waals surface area contributed by atoms with E-state index in [9.17, 15) is 0 Å². The lowest BCUT2D eigenvalue weighted by Crippen LogP contribution is -2.00. The van der Waals surface area contributed by atoms with E-state index in [1.165, 1.54) is 63.5 Å². The SMILES string of the molecule is c1ccc(-c2nc(-c3ccccc3)nc(-c3cc4ccccc4c4sc5ccc(-n6c7cc8ccccc8cc7c7c8ccccc8ccc76)cc5c34)n2)cc1. The molecule has 260 valence electrons. The van der Waals surface area contributed by atoms with Gasteiger partial charge in [-0.3, -0.25) is 0 Å². The molecule has 12 rings (SSSR count). The number of hydrogen-bond donors (Lipinski definition) is 0. The first kappa shape index (κ1) is 31.2. The number of thiophene rings is 1. The Bertz CT molecular complexity index is 3470. The summed E-state index contributed by atoms with van der Waals surface area (Å²) in [6, 6.07) is 65.0. The van der Waals surface area contributed by atoms with Gasteiger partial charge in [-0.15, -0.1) is 11.3 Å². The first-order chi connectivity index (χ1) is 27.7. The van der Waals surface area contributed by atoms with Crippen LogP contribution in [-0.4, -0.2) is 19.5 Å². The molecule has 0 aliphatic heterocycles. The first-order valence-electron chi connectivity index (χ1n) is 18.9. The number of nitrogens with zero attached hydrogens (tertiary/aromatic N) is 4. The minimum atomic E-state index is 0.653. The molecule has 0 spiro atoms. The molecule has 0 amide bonds. The van der Waals surface area contributed by atoms with Crippen LogP contribution in [-0.2, 0) is 0 Å². The van der Waals surface area contributed by atoms with Crippen LogP contribution >= 0.6 is 11.3 Å². The summed E-state index contributed by atoms with van der Waals surface area (Å²) in [5.41, 5.74) is 6.40. The smallest absolute Gasteiger partial charge is 0.164 e. The van der Waals surface area contributed by atoms with E-state index in [-0.39, 0.29) is 0 Å². The molecule has 9 aromatic carbocycles. The van der Waals surface area contributed by atoms with Crippen molar-refractivity contribution in [2.45, 2.75) is 0 Å². The van der Waals surface area contributed by atoms with E-state index in [0.717, 1.165) is 33.2 Å². The zero-order chi connectivity index (χ0) is 36.7. The molecular formula is C51H30N4S. The van der Waals surface area contributed by atoms with Crippen LogP contribution in [0.15, 0.2) is 182 Å². The molecule has 0 radical (unpaired) electrons. The summed E-state index contributed by atoms with van der Waals surface area (Å²) < 4.78 is 4.91. The van der Waals surface area contributed by atoms with Gasteiger partial charge < -0.3 is 4.57 Å². The van der Waals surface area contributed by atoms with Gasteiger partial charge in [-0.2, -0.15) is 0 Å². The molecule has 56 heavy (non-hydrogen) atoms. The van der Waals surface area contributed by atoms with Crippen molar-refractivity contribution < 1.29 is 0 Å². The lowest BCUT2D eigenvalue weighted by Gasteiger charge is -2.12. The quantitative estimate of drug-likeness (QED) is 0.181. The summed E-state index contributed by atoms with van der Waals surface area (Å²) in [5.74, 6) is 1.97. The largest absolute Gasteiger partial charge is 0.309 e. The van der Waals surface area contributed by atoms with Crippen LogP contribution < -0.4 is 0 Å². The maximum absolute atomic E-state index is 5.23. The third-order valence-electron chi connectivity index (χ3n) is 11.2. The predicted molar refractivity (Wildman–Crippen MR) is 236 cm³/mol. The van der Waals surface area contributed by atoms with Gasteiger partial charge in [0, 0.05) is 53.3 Å². The van der Waals surface area contributed by atoms with Gasteiger partial charge in [-0.05, 0) is 74.8 Å². The summed E-state index contributed by atoms with van der Waals surface area (Å²) in [6.45, 7) is 0. The standard InChI is InChI=1S/C51H30N4S/c1-3-14-32(15-4-1)49-52-50(33-16-5-2-6-17-33)54-51(53-49)42-28-36-20-10-12-22-39(36)48-47(42)41-30-37(24-26-45(41)56-48)55-43-25-23-31-13-9-11-21-38(31)46(43)40-27-34-18-7-8-19-35(34)29-44(40)55/h1-30H. The van der Waals surface area contributed by atoms with Crippen LogP contribution in [0.2, 0.25) is 0 Å². The van der Waals surface area contributed by atoms with Crippen LogP contribution in [0.1, 0.15) is 0 Å². The maximum atomic E-state index is 5.23. The van der Waals surface area contributed by atoms with Gasteiger partial charge in [0.2, 0.25) is 0 Å². The van der Waals surface area contributed by atoms with Crippen molar-refractivity contribution in [3.8, 4) is 39.9 Å². The summed E-state index contributed by atoms with van der Waals surface area (Å²) in [4.78, 5) is 15.5. The van der Waals surface area contributed by atoms with Crippen LogP contribution in [0.5, 0.6) is 0 Å². The molecule has 3 aromatic heterocycles. The van der Waals surface area contributed by atoms with Crippen molar-refractivity contribution in [1.82, 2.24) is 19.5 Å². The van der Waals surface area contributed by atoms with Gasteiger partial charge in [0.1, 0.15) is 0 Å². The van der Waals surface area contributed by atoms with E-state index in [1.807, 2.05) is 47.7 Å². The minimum Gasteiger partial charge on any atom is -0.309 e. The molecule has 0 aliphatic carbocycles. The number of benzene rings is 9. The minimum absolute atomic E-state index is 0.653. The van der Waals surface area contributed by atoms with Crippen molar-refractivity contribution in [2.75, 3.05) is 0 Å². The molecule has 0 N–H and O–H groups in total. The highest BCUT2D eigenvalue weighted by molar-refractivity contribution is 7.26. The number of rotatable bonds is 4. The van der Waals surface area contributed by atoms with E-state index in [2.05, 4.69) is 150 Å². The van der Waals surface area contributed by atoms with Gasteiger partial charge in [0.25, 0.3) is 0 Å². The van der Waals surface area contributed by atoms with E-state index < -0.39 is 0 Å². The fourth-order valence-electron chi connectivity index (χ4n) is 8.60. The second-order valence-electron chi connectivity index (χ2n) is 14.4. The molecule has 12 aromatic rings. The third-order valence-corrected chi connectivity index (χ3v) is 12.4. The Balaban J connectivity index is 1.18. The topological polar surface area (TPSA) is 43.6 Å². The monoisotopic (exact) mass is 730 g/mol. The normalized spacial score (nSPS) is 11.9. The Morgan fingerprint density at radius 2 is 0.982 bits per heavy atom. The predicted octanol–water partition coefficient (Wildman–Crippen LogP) is 13.8. The van der Waals surface area contributed by atoms with Crippen molar-refractivity contribution in [1.29, 1.82) is 0 Å². The number of aromatic nitrogens is 4. The lowest BCUT2D eigenvalue weighted by molar-refractivity contribution is 1.08. The van der Waals surface area contributed by atoms with Gasteiger partial charge in [0.15, 0.2) is 17.5 Å². The highest BCUT2D eigenvalue weighted by Crippen LogP contribution is 2.46. The summed E-state index contributed by atoms with van der Waals surface area (Å²) >= 11 is 1.84. The Hall–Kier alpha value is -7.21. The van der Waals surface area contributed by atoms with Gasteiger partial charge in [-0.25, -0.2) is 15.0 Å². The van der Waals surface area contributed by atoms with E-state index in [0.29, 0.717) is 17.5 Å². The molecule has 5 heteroatoms. The summed E-state index contributed by atoms with van der Waals surface area (Å²) in [6.07, 6.45) is 0. The summed E-state index contributed by atoms with van der Waals surface area (Å²) in [7, 11) is 0. The Morgan fingerprint density at radius 1 is 0.375 bits per heavy atom. The van der Waals surface area contributed by atoms with Crippen LogP contribution in [0.4, 0.5) is 0 Å². The van der Waals surface area contributed by atoms with Gasteiger partial charge >= 0.3 is 0 Å². The van der Waals surface area contributed by atoms with Crippen molar-refractivity contribution in [2.24, 2.45) is 0 Å². The molecule has 0 fully saturated rings. The Kier molecular flexibility index (Phi) is 6.76. The Morgan fingerprint density at radius 3 is 1.71 bits per heavy atom. The van der Waals surface area contributed by atoms with Gasteiger partial charge in [0.05, 0.1) is 11.0 Å². The van der Waals surface area contributed by atoms with E-state index in [1.54, 1.807) is 0 Å². The highest BCUT2D eigenvalue weighted by atomic mass is 32.1. The molecular weight excluding hydrogens is 701 g/mol. The van der Waals surface area contributed by atoms with E-state index in [4.69, 9.17) is 15.0 Å². The first-order valence-corrected chi connectivity index (χ1v) is 19.7. The highest BCUT2D eigenvalue weighted by Gasteiger charge is 2.21. The average molecular weight is 731 g/mol.